The first-order valence-corrected chi connectivity index (χ1v) is 8.27. The van der Waals surface area contributed by atoms with Crippen LogP contribution in [0.25, 0.3) is 21.9 Å². The molecule has 0 radical (unpaired) electrons. The van der Waals surface area contributed by atoms with Gasteiger partial charge in [-0.25, -0.2) is 4.98 Å². The molecule has 0 atom stereocenters. The van der Waals surface area contributed by atoms with Crippen LogP contribution >= 0.6 is 27.5 Å². The standard InChI is InChI=1S/C17H10BrClN4O/c18-11-3-6-14-13(7-11)15-16(22-14)17(24)23(9-20-15)21-8-10-1-4-12(19)5-2-10/h1-9,22H/b21-8-. The molecular weight excluding hydrogens is 392 g/mol. The summed E-state index contributed by atoms with van der Waals surface area (Å²) < 4.78 is 2.14. The average molecular weight is 402 g/mol. The maximum atomic E-state index is 12.6. The van der Waals surface area contributed by atoms with E-state index in [9.17, 15) is 4.79 Å². The second-order valence-corrected chi connectivity index (χ2v) is 6.58. The summed E-state index contributed by atoms with van der Waals surface area (Å²) in [7, 11) is 0. The fourth-order valence-corrected chi connectivity index (χ4v) is 2.97. The van der Waals surface area contributed by atoms with Gasteiger partial charge >= 0.3 is 0 Å². The molecule has 0 unspecified atom stereocenters. The van der Waals surface area contributed by atoms with Crippen molar-refractivity contribution in [2.24, 2.45) is 5.10 Å². The number of benzene rings is 2. The predicted molar refractivity (Wildman–Crippen MR) is 100 cm³/mol. The Hall–Kier alpha value is -2.44. The van der Waals surface area contributed by atoms with Gasteiger partial charge in [-0.3, -0.25) is 4.79 Å². The predicted octanol–water partition coefficient (Wildman–Crippen LogP) is 4.18. The van der Waals surface area contributed by atoms with Crippen LogP contribution in [0, 0.1) is 0 Å². The van der Waals surface area contributed by atoms with Gasteiger partial charge in [0, 0.05) is 20.4 Å². The Morgan fingerprint density at radius 2 is 2.00 bits per heavy atom. The van der Waals surface area contributed by atoms with Gasteiger partial charge in [-0.1, -0.05) is 39.7 Å². The van der Waals surface area contributed by atoms with Gasteiger partial charge in [0.15, 0.2) is 0 Å². The van der Waals surface area contributed by atoms with Crippen LogP contribution in [-0.2, 0) is 0 Å². The van der Waals surface area contributed by atoms with Crippen molar-refractivity contribution in [3.8, 4) is 0 Å². The van der Waals surface area contributed by atoms with Gasteiger partial charge in [0.2, 0.25) is 0 Å². The number of nitrogens with zero attached hydrogens (tertiary/aromatic N) is 3. The Morgan fingerprint density at radius 1 is 1.21 bits per heavy atom. The van der Waals surface area contributed by atoms with Crippen molar-refractivity contribution in [1.82, 2.24) is 14.6 Å². The number of aromatic amines is 1. The summed E-state index contributed by atoms with van der Waals surface area (Å²) in [6.45, 7) is 0. The van der Waals surface area contributed by atoms with Crippen molar-refractivity contribution in [1.29, 1.82) is 0 Å². The minimum Gasteiger partial charge on any atom is -0.349 e. The van der Waals surface area contributed by atoms with E-state index < -0.39 is 0 Å². The molecule has 0 fully saturated rings. The summed E-state index contributed by atoms with van der Waals surface area (Å²) >= 11 is 9.29. The van der Waals surface area contributed by atoms with E-state index in [1.165, 1.54) is 11.0 Å². The molecule has 0 bridgehead atoms. The smallest absolute Gasteiger partial charge is 0.298 e. The Balaban J connectivity index is 1.82. The van der Waals surface area contributed by atoms with Gasteiger partial charge in [0.25, 0.3) is 5.56 Å². The summed E-state index contributed by atoms with van der Waals surface area (Å²) in [5.74, 6) is 0. The molecule has 118 valence electrons. The van der Waals surface area contributed by atoms with E-state index in [0.29, 0.717) is 16.1 Å². The highest BCUT2D eigenvalue weighted by Crippen LogP contribution is 2.24. The lowest BCUT2D eigenvalue weighted by Crippen LogP contribution is -2.17. The van der Waals surface area contributed by atoms with Crippen molar-refractivity contribution in [3.05, 3.63) is 74.2 Å². The molecule has 0 aliphatic heterocycles. The zero-order chi connectivity index (χ0) is 16.7. The highest BCUT2D eigenvalue weighted by molar-refractivity contribution is 9.10. The highest BCUT2D eigenvalue weighted by atomic mass is 79.9. The van der Waals surface area contributed by atoms with Crippen LogP contribution in [-0.4, -0.2) is 20.9 Å². The minimum absolute atomic E-state index is 0.252. The van der Waals surface area contributed by atoms with Crippen LogP contribution in [0.1, 0.15) is 5.56 Å². The van der Waals surface area contributed by atoms with Crippen molar-refractivity contribution in [2.45, 2.75) is 0 Å². The summed E-state index contributed by atoms with van der Waals surface area (Å²) in [5, 5.41) is 5.73. The van der Waals surface area contributed by atoms with Gasteiger partial charge in [-0.2, -0.15) is 9.78 Å². The van der Waals surface area contributed by atoms with E-state index in [1.54, 1.807) is 18.3 Å². The molecule has 5 nitrogen and oxygen atoms in total. The second kappa shape index (κ2) is 5.89. The first kappa shape index (κ1) is 15.1. The highest BCUT2D eigenvalue weighted by Gasteiger charge is 2.10. The lowest BCUT2D eigenvalue weighted by Gasteiger charge is -1.98. The zero-order valence-corrected chi connectivity index (χ0v) is 14.5. The Bertz CT molecular complexity index is 1150. The fourth-order valence-electron chi connectivity index (χ4n) is 2.48. The molecule has 2 heterocycles. The molecule has 7 heteroatoms. The van der Waals surface area contributed by atoms with Crippen LogP contribution in [0.15, 0.2) is 63.2 Å². The summed E-state index contributed by atoms with van der Waals surface area (Å²) in [6.07, 6.45) is 3.01. The van der Waals surface area contributed by atoms with Crippen LogP contribution in [0.3, 0.4) is 0 Å². The minimum atomic E-state index is -0.252. The molecule has 1 N–H and O–H groups in total. The molecule has 4 aromatic rings. The van der Waals surface area contributed by atoms with E-state index in [-0.39, 0.29) is 5.56 Å². The first-order chi connectivity index (χ1) is 11.6. The number of aromatic nitrogens is 3. The molecule has 0 aliphatic rings. The number of rotatable bonds is 2. The fraction of sp³-hybridized carbons (Fsp3) is 0. The Kier molecular flexibility index (Phi) is 3.70. The van der Waals surface area contributed by atoms with Gasteiger partial charge < -0.3 is 4.98 Å². The SMILES string of the molecule is O=c1c2[nH]c3ccc(Br)cc3c2ncn1/N=C\c1ccc(Cl)cc1. The molecule has 0 amide bonds. The molecule has 2 aromatic carbocycles. The third-order valence-electron chi connectivity index (χ3n) is 3.65. The number of hydrogen-bond donors (Lipinski definition) is 1. The molecule has 0 saturated carbocycles. The van der Waals surface area contributed by atoms with Crippen LogP contribution in [0.4, 0.5) is 0 Å². The normalized spacial score (nSPS) is 11.8. The third kappa shape index (κ3) is 2.64. The van der Waals surface area contributed by atoms with Crippen LogP contribution < -0.4 is 5.56 Å². The van der Waals surface area contributed by atoms with E-state index in [4.69, 9.17) is 11.6 Å². The molecule has 0 spiro atoms. The van der Waals surface area contributed by atoms with Gasteiger partial charge in [0.05, 0.1) is 6.21 Å². The molecule has 4 rings (SSSR count). The largest absolute Gasteiger partial charge is 0.349 e. The quantitative estimate of drug-likeness (QED) is 0.512. The molecule has 24 heavy (non-hydrogen) atoms. The lowest BCUT2D eigenvalue weighted by atomic mass is 10.2. The molecule has 0 aliphatic carbocycles. The maximum absolute atomic E-state index is 12.6. The number of nitrogens with one attached hydrogen (secondary N) is 1. The number of hydrogen-bond acceptors (Lipinski definition) is 3. The van der Waals surface area contributed by atoms with E-state index in [2.05, 4.69) is 31.0 Å². The third-order valence-corrected chi connectivity index (χ3v) is 4.40. The van der Waals surface area contributed by atoms with E-state index >= 15 is 0 Å². The number of H-pyrrole nitrogens is 1. The first-order valence-electron chi connectivity index (χ1n) is 7.10. The second-order valence-electron chi connectivity index (χ2n) is 5.23. The Morgan fingerprint density at radius 3 is 2.79 bits per heavy atom. The van der Waals surface area contributed by atoms with Crippen LogP contribution in [0.5, 0.6) is 0 Å². The average Bonchev–Trinajstić information content (AvgIpc) is 2.95. The lowest BCUT2D eigenvalue weighted by molar-refractivity contribution is 0.815. The number of fused-ring (bicyclic) bond motifs is 3. The van der Waals surface area contributed by atoms with Gasteiger partial charge in [-0.15, -0.1) is 0 Å². The molecular formula is C17H10BrClN4O. The summed E-state index contributed by atoms with van der Waals surface area (Å²) in [4.78, 5) is 20.1. The van der Waals surface area contributed by atoms with E-state index in [1.807, 2.05) is 30.3 Å². The van der Waals surface area contributed by atoms with Crippen molar-refractivity contribution in [2.75, 3.05) is 0 Å². The van der Waals surface area contributed by atoms with Crippen LogP contribution in [0.2, 0.25) is 5.02 Å². The Labute approximate surface area is 149 Å². The topological polar surface area (TPSA) is 63.0 Å². The zero-order valence-electron chi connectivity index (χ0n) is 12.2. The maximum Gasteiger partial charge on any atom is 0.298 e. The van der Waals surface area contributed by atoms with E-state index in [0.717, 1.165) is 20.9 Å². The monoisotopic (exact) mass is 400 g/mol. The van der Waals surface area contributed by atoms with Gasteiger partial charge in [0.1, 0.15) is 17.4 Å². The molecule has 0 saturated heterocycles. The van der Waals surface area contributed by atoms with Crippen molar-refractivity contribution >= 4 is 55.7 Å². The summed E-state index contributed by atoms with van der Waals surface area (Å²) in [6, 6.07) is 12.9. The van der Waals surface area contributed by atoms with Crippen molar-refractivity contribution in [3.63, 3.8) is 0 Å². The van der Waals surface area contributed by atoms with Gasteiger partial charge in [-0.05, 0) is 35.9 Å². The number of halogens is 2. The molecule has 2 aromatic heterocycles. The summed E-state index contributed by atoms with van der Waals surface area (Å²) in [5.41, 5.74) is 2.51. The van der Waals surface area contributed by atoms with Crippen molar-refractivity contribution < 1.29 is 0 Å².